The maximum Gasteiger partial charge on any atom is 0.146 e. The number of nitrogens with one attached hydrogen (secondary N) is 1. The normalized spacial score (nSPS) is 12.2. The van der Waals surface area contributed by atoms with Crippen LogP contribution in [0.25, 0.3) is 0 Å². The molecule has 2 nitrogen and oxygen atoms in total. The Bertz CT molecular complexity index is 390. The molecule has 1 aromatic carbocycles. The van der Waals surface area contributed by atoms with Gasteiger partial charge in [0.2, 0.25) is 0 Å². The molecule has 0 aliphatic rings. The van der Waals surface area contributed by atoms with Gasteiger partial charge in [0.1, 0.15) is 5.82 Å². The van der Waals surface area contributed by atoms with Crippen LogP contribution in [0.4, 0.5) is 10.1 Å². The van der Waals surface area contributed by atoms with Gasteiger partial charge in [0.25, 0.3) is 0 Å². The Labute approximate surface area is 110 Å². The summed E-state index contributed by atoms with van der Waals surface area (Å²) in [5.41, 5.74) is 1.70. The lowest BCUT2D eigenvalue weighted by Gasteiger charge is -2.25. The molecule has 0 fully saturated rings. The second kappa shape index (κ2) is 7.17. The number of rotatable bonds is 7. The number of para-hydroxylation sites is 1. The molecule has 1 rings (SSSR count). The number of unbranched alkanes of at least 4 members (excludes halogenated alkanes) is 1. The molecule has 1 unspecified atom stereocenters. The molecular weight excluding hydrogens is 227 g/mol. The third-order valence-corrected chi connectivity index (χ3v) is 3.20. The summed E-state index contributed by atoms with van der Waals surface area (Å²) < 4.78 is 14.0. The average Bonchev–Trinajstić information content (AvgIpc) is 2.37. The molecular formula is C15H23FN2. The zero-order chi connectivity index (χ0) is 13.5. The van der Waals surface area contributed by atoms with Crippen LogP contribution in [-0.2, 0) is 0 Å². The molecule has 0 radical (unpaired) electrons. The average molecular weight is 250 g/mol. The van der Waals surface area contributed by atoms with Crippen molar-refractivity contribution in [3.8, 4) is 0 Å². The number of allylic oxidation sites excluding steroid dienone is 1. The molecule has 0 heterocycles. The predicted molar refractivity (Wildman–Crippen MR) is 76.6 cm³/mol. The highest BCUT2D eigenvalue weighted by molar-refractivity contribution is 5.55. The van der Waals surface area contributed by atoms with E-state index >= 15 is 0 Å². The minimum absolute atomic E-state index is 0.137. The summed E-state index contributed by atoms with van der Waals surface area (Å²) >= 11 is 0. The van der Waals surface area contributed by atoms with E-state index in [9.17, 15) is 4.39 Å². The van der Waals surface area contributed by atoms with Gasteiger partial charge in [0, 0.05) is 19.6 Å². The lowest BCUT2D eigenvalue weighted by atomic mass is 10.0. The number of hydrogen-bond acceptors (Lipinski definition) is 2. The van der Waals surface area contributed by atoms with E-state index in [4.69, 9.17) is 0 Å². The van der Waals surface area contributed by atoms with E-state index in [-0.39, 0.29) is 11.9 Å². The van der Waals surface area contributed by atoms with Crippen LogP contribution in [0.15, 0.2) is 30.9 Å². The lowest BCUT2D eigenvalue weighted by molar-refractivity contribution is 0.601. The first-order valence-corrected chi connectivity index (χ1v) is 6.39. The Kier molecular flexibility index (Phi) is 5.86. The Hall–Kier alpha value is -1.35. The molecule has 0 spiro atoms. The Morgan fingerprint density at radius 1 is 1.50 bits per heavy atom. The van der Waals surface area contributed by atoms with Crippen molar-refractivity contribution < 1.29 is 4.39 Å². The Balaban J connectivity index is 2.94. The van der Waals surface area contributed by atoms with Gasteiger partial charge in [-0.3, -0.25) is 0 Å². The first-order valence-electron chi connectivity index (χ1n) is 6.39. The molecule has 1 aromatic rings. The van der Waals surface area contributed by atoms with Crippen LogP contribution in [-0.4, -0.2) is 20.6 Å². The van der Waals surface area contributed by atoms with Gasteiger partial charge in [-0.1, -0.05) is 18.2 Å². The maximum atomic E-state index is 14.0. The fraction of sp³-hybridized carbons (Fsp3) is 0.467. The van der Waals surface area contributed by atoms with Crippen molar-refractivity contribution >= 4 is 5.69 Å². The van der Waals surface area contributed by atoms with Crippen molar-refractivity contribution in [2.24, 2.45) is 0 Å². The van der Waals surface area contributed by atoms with Crippen molar-refractivity contribution in [1.29, 1.82) is 0 Å². The summed E-state index contributed by atoms with van der Waals surface area (Å²) in [4.78, 5) is 1.99. The molecule has 0 amide bonds. The highest BCUT2D eigenvalue weighted by Crippen LogP contribution is 2.28. The molecule has 1 atom stereocenters. The van der Waals surface area contributed by atoms with Crippen LogP contribution in [0.1, 0.15) is 31.4 Å². The molecule has 0 saturated carbocycles. The highest BCUT2D eigenvalue weighted by atomic mass is 19.1. The van der Waals surface area contributed by atoms with Crippen molar-refractivity contribution in [3.05, 3.63) is 42.2 Å². The standard InChI is InChI=1S/C15H23FN2/c1-5-6-7-11-18(4)15-13(12(2)17-3)9-8-10-14(15)16/h5,8-10,12,17H,1,6-7,11H2,2-4H3. The predicted octanol–water partition coefficient (Wildman–Crippen LogP) is 3.51. The fourth-order valence-corrected chi connectivity index (χ4v) is 2.02. The third kappa shape index (κ3) is 3.57. The van der Waals surface area contributed by atoms with Gasteiger partial charge >= 0.3 is 0 Å². The van der Waals surface area contributed by atoms with Crippen LogP contribution in [0.3, 0.4) is 0 Å². The lowest BCUT2D eigenvalue weighted by Crippen LogP contribution is -2.24. The molecule has 0 aliphatic carbocycles. The van der Waals surface area contributed by atoms with E-state index in [0.717, 1.165) is 24.9 Å². The van der Waals surface area contributed by atoms with Gasteiger partial charge in [-0.15, -0.1) is 6.58 Å². The van der Waals surface area contributed by atoms with Crippen LogP contribution >= 0.6 is 0 Å². The number of anilines is 1. The van der Waals surface area contributed by atoms with E-state index in [1.165, 1.54) is 6.07 Å². The highest BCUT2D eigenvalue weighted by Gasteiger charge is 2.16. The summed E-state index contributed by atoms with van der Waals surface area (Å²) in [6.07, 6.45) is 3.84. The van der Waals surface area contributed by atoms with Gasteiger partial charge in [0.15, 0.2) is 0 Å². The van der Waals surface area contributed by atoms with Crippen LogP contribution in [0.2, 0.25) is 0 Å². The van der Waals surface area contributed by atoms with E-state index < -0.39 is 0 Å². The molecule has 0 aromatic heterocycles. The van der Waals surface area contributed by atoms with E-state index in [1.54, 1.807) is 6.07 Å². The number of benzene rings is 1. The molecule has 0 saturated heterocycles. The second-order valence-corrected chi connectivity index (χ2v) is 4.54. The summed E-state index contributed by atoms with van der Waals surface area (Å²) in [6, 6.07) is 5.39. The summed E-state index contributed by atoms with van der Waals surface area (Å²) in [5, 5.41) is 3.16. The number of halogens is 1. The summed E-state index contributed by atoms with van der Waals surface area (Å²) in [5.74, 6) is -0.157. The molecule has 18 heavy (non-hydrogen) atoms. The third-order valence-electron chi connectivity index (χ3n) is 3.20. The molecule has 0 bridgehead atoms. The molecule has 1 N–H and O–H groups in total. The summed E-state index contributed by atoms with van der Waals surface area (Å²) in [6.45, 7) is 6.57. The largest absolute Gasteiger partial charge is 0.372 e. The van der Waals surface area contributed by atoms with Gasteiger partial charge in [-0.2, -0.15) is 0 Å². The van der Waals surface area contributed by atoms with Crippen molar-refractivity contribution in [1.82, 2.24) is 5.32 Å². The van der Waals surface area contributed by atoms with E-state index in [1.807, 2.05) is 38.1 Å². The van der Waals surface area contributed by atoms with Crippen LogP contribution in [0.5, 0.6) is 0 Å². The SMILES string of the molecule is C=CCCCN(C)c1c(F)cccc1C(C)NC. The first kappa shape index (κ1) is 14.7. The maximum absolute atomic E-state index is 14.0. The van der Waals surface area contributed by atoms with Gasteiger partial charge in [-0.25, -0.2) is 4.39 Å². The first-order chi connectivity index (χ1) is 8.61. The minimum Gasteiger partial charge on any atom is -0.372 e. The number of hydrogen-bond donors (Lipinski definition) is 1. The minimum atomic E-state index is -0.157. The van der Waals surface area contributed by atoms with E-state index in [0.29, 0.717) is 5.69 Å². The Morgan fingerprint density at radius 2 is 2.22 bits per heavy atom. The van der Waals surface area contributed by atoms with Gasteiger partial charge in [-0.05, 0) is 38.4 Å². The molecule has 0 aliphatic heterocycles. The monoisotopic (exact) mass is 250 g/mol. The second-order valence-electron chi connectivity index (χ2n) is 4.54. The van der Waals surface area contributed by atoms with Crippen molar-refractivity contribution in [3.63, 3.8) is 0 Å². The van der Waals surface area contributed by atoms with E-state index in [2.05, 4.69) is 11.9 Å². The van der Waals surface area contributed by atoms with Gasteiger partial charge in [0.05, 0.1) is 5.69 Å². The topological polar surface area (TPSA) is 15.3 Å². The Morgan fingerprint density at radius 3 is 2.83 bits per heavy atom. The zero-order valence-corrected chi connectivity index (χ0v) is 11.5. The quantitative estimate of drug-likeness (QED) is 0.588. The molecule has 3 heteroatoms. The van der Waals surface area contributed by atoms with Crippen molar-refractivity contribution in [2.75, 3.05) is 25.5 Å². The van der Waals surface area contributed by atoms with Crippen LogP contribution in [0, 0.1) is 5.82 Å². The molecule has 100 valence electrons. The fourth-order valence-electron chi connectivity index (χ4n) is 2.02. The number of nitrogens with zero attached hydrogens (tertiary/aromatic N) is 1. The summed E-state index contributed by atoms with van der Waals surface area (Å²) in [7, 11) is 3.82. The van der Waals surface area contributed by atoms with Crippen molar-refractivity contribution in [2.45, 2.75) is 25.8 Å². The van der Waals surface area contributed by atoms with Crippen LogP contribution < -0.4 is 10.2 Å². The smallest absolute Gasteiger partial charge is 0.146 e. The zero-order valence-electron chi connectivity index (χ0n) is 11.5. The van der Waals surface area contributed by atoms with Gasteiger partial charge < -0.3 is 10.2 Å².